The van der Waals surface area contributed by atoms with Gasteiger partial charge in [0.1, 0.15) is 17.6 Å². The lowest BCUT2D eigenvalue weighted by atomic mass is 10.1. The minimum atomic E-state index is 0.218. The third-order valence-corrected chi connectivity index (χ3v) is 5.44. The molecule has 0 aliphatic carbocycles. The molecule has 0 radical (unpaired) electrons. The molecule has 8 nitrogen and oxygen atoms in total. The van der Waals surface area contributed by atoms with Crippen molar-refractivity contribution >= 4 is 11.9 Å². The van der Waals surface area contributed by atoms with Gasteiger partial charge in [-0.1, -0.05) is 0 Å². The van der Waals surface area contributed by atoms with E-state index in [1.54, 1.807) is 12.4 Å². The molecule has 160 valence electrons. The molecule has 1 saturated heterocycles. The third kappa shape index (κ3) is 4.42. The van der Waals surface area contributed by atoms with E-state index in [2.05, 4.69) is 49.1 Å². The molecule has 30 heavy (non-hydrogen) atoms. The first-order valence-corrected chi connectivity index (χ1v) is 10.6. The Labute approximate surface area is 177 Å². The number of fused-ring (bicyclic) bond motifs is 1. The number of anilines is 1. The summed E-state index contributed by atoms with van der Waals surface area (Å²) < 4.78 is 11.8. The van der Waals surface area contributed by atoms with Crippen molar-refractivity contribution in [3.8, 4) is 11.5 Å². The Balaban J connectivity index is 1.39. The molecule has 1 fully saturated rings. The quantitative estimate of drug-likeness (QED) is 0.598. The van der Waals surface area contributed by atoms with E-state index in [4.69, 9.17) is 9.47 Å². The number of guanidine groups is 1. The van der Waals surface area contributed by atoms with Crippen molar-refractivity contribution < 1.29 is 9.47 Å². The SMILES string of the molecule is CCOc1cc2c(cc1CNC(=NC)N1CCN(c3ncccn3)CC1)OC(C)C2. The van der Waals surface area contributed by atoms with E-state index in [1.165, 1.54) is 5.56 Å². The monoisotopic (exact) mass is 410 g/mol. The van der Waals surface area contributed by atoms with E-state index >= 15 is 0 Å². The fourth-order valence-corrected chi connectivity index (χ4v) is 3.99. The number of nitrogens with zero attached hydrogens (tertiary/aromatic N) is 5. The van der Waals surface area contributed by atoms with E-state index in [1.807, 2.05) is 20.0 Å². The Bertz CT molecular complexity index is 881. The summed E-state index contributed by atoms with van der Waals surface area (Å²) in [6.07, 6.45) is 4.72. The maximum absolute atomic E-state index is 5.94. The number of nitrogens with one attached hydrogen (secondary N) is 1. The second kappa shape index (κ2) is 9.19. The molecule has 0 saturated carbocycles. The minimum Gasteiger partial charge on any atom is -0.494 e. The molecule has 8 heteroatoms. The van der Waals surface area contributed by atoms with Gasteiger partial charge < -0.3 is 24.6 Å². The molecule has 2 aliphatic rings. The van der Waals surface area contributed by atoms with Crippen LogP contribution in [0.4, 0.5) is 5.95 Å². The Hall–Kier alpha value is -3.03. The van der Waals surface area contributed by atoms with Crippen molar-refractivity contribution in [2.24, 2.45) is 4.99 Å². The van der Waals surface area contributed by atoms with Crippen LogP contribution in [-0.4, -0.2) is 66.8 Å². The zero-order valence-corrected chi connectivity index (χ0v) is 18.0. The molecule has 4 rings (SSSR count). The number of benzene rings is 1. The summed E-state index contributed by atoms with van der Waals surface area (Å²) >= 11 is 0. The van der Waals surface area contributed by atoms with E-state index in [9.17, 15) is 0 Å². The van der Waals surface area contributed by atoms with Gasteiger partial charge in [-0.15, -0.1) is 0 Å². The summed E-state index contributed by atoms with van der Waals surface area (Å²) in [6, 6.07) is 6.07. The smallest absolute Gasteiger partial charge is 0.225 e. The van der Waals surface area contributed by atoms with Crippen LogP contribution in [0, 0.1) is 0 Å². The number of aromatic nitrogens is 2. The lowest BCUT2D eigenvalue weighted by molar-refractivity contribution is 0.254. The molecule has 2 aliphatic heterocycles. The molecule has 1 aromatic heterocycles. The first-order valence-electron chi connectivity index (χ1n) is 10.6. The molecule has 2 aromatic rings. The van der Waals surface area contributed by atoms with Gasteiger partial charge in [0.05, 0.1) is 6.61 Å². The highest BCUT2D eigenvalue weighted by Gasteiger charge is 2.23. The number of hydrogen-bond donors (Lipinski definition) is 1. The van der Waals surface area contributed by atoms with Gasteiger partial charge in [0.15, 0.2) is 5.96 Å². The molecule has 1 atom stereocenters. The lowest BCUT2D eigenvalue weighted by Gasteiger charge is -2.36. The van der Waals surface area contributed by atoms with Crippen molar-refractivity contribution in [3.63, 3.8) is 0 Å². The second-order valence-corrected chi connectivity index (χ2v) is 7.56. The third-order valence-electron chi connectivity index (χ3n) is 5.44. The fourth-order valence-electron chi connectivity index (χ4n) is 3.99. The number of piperazine rings is 1. The molecule has 0 bridgehead atoms. The van der Waals surface area contributed by atoms with Gasteiger partial charge in [0.25, 0.3) is 0 Å². The van der Waals surface area contributed by atoms with Crippen LogP contribution < -0.4 is 19.7 Å². The minimum absolute atomic E-state index is 0.218. The van der Waals surface area contributed by atoms with E-state index in [-0.39, 0.29) is 6.10 Å². The Morgan fingerprint density at radius 1 is 1.23 bits per heavy atom. The fraction of sp³-hybridized carbons (Fsp3) is 0.500. The van der Waals surface area contributed by atoms with Crippen molar-refractivity contribution in [2.75, 3.05) is 44.7 Å². The van der Waals surface area contributed by atoms with Crippen LogP contribution in [0.1, 0.15) is 25.0 Å². The maximum Gasteiger partial charge on any atom is 0.225 e. The van der Waals surface area contributed by atoms with Crippen LogP contribution in [0.5, 0.6) is 11.5 Å². The molecule has 0 spiro atoms. The average molecular weight is 411 g/mol. The number of hydrogen-bond acceptors (Lipinski definition) is 6. The number of ether oxygens (including phenoxy) is 2. The zero-order valence-electron chi connectivity index (χ0n) is 18.0. The average Bonchev–Trinajstić information content (AvgIpc) is 3.14. The summed E-state index contributed by atoms with van der Waals surface area (Å²) in [4.78, 5) is 17.7. The van der Waals surface area contributed by atoms with E-state index < -0.39 is 0 Å². The van der Waals surface area contributed by atoms with Crippen LogP contribution in [-0.2, 0) is 13.0 Å². The summed E-state index contributed by atoms with van der Waals surface area (Å²) in [6.45, 7) is 8.83. The van der Waals surface area contributed by atoms with Crippen LogP contribution in [0.25, 0.3) is 0 Å². The van der Waals surface area contributed by atoms with Gasteiger partial charge in [0, 0.05) is 69.7 Å². The maximum atomic E-state index is 5.94. The largest absolute Gasteiger partial charge is 0.494 e. The zero-order chi connectivity index (χ0) is 20.9. The van der Waals surface area contributed by atoms with Gasteiger partial charge in [-0.25, -0.2) is 9.97 Å². The second-order valence-electron chi connectivity index (χ2n) is 7.56. The molecule has 1 aromatic carbocycles. The van der Waals surface area contributed by atoms with Crippen LogP contribution in [0.3, 0.4) is 0 Å². The van der Waals surface area contributed by atoms with Crippen molar-refractivity contribution in [1.29, 1.82) is 0 Å². The highest BCUT2D eigenvalue weighted by atomic mass is 16.5. The van der Waals surface area contributed by atoms with Gasteiger partial charge in [0.2, 0.25) is 5.95 Å². The Morgan fingerprint density at radius 2 is 2.00 bits per heavy atom. The van der Waals surface area contributed by atoms with Crippen LogP contribution in [0.2, 0.25) is 0 Å². The van der Waals surface area contributed by atoms with Crippen molar-refractivity contribution in [1.82, 2.24) is 20.2 Å². The highest BCUT2D eigenvalue weighted by Crippen LogP contribution is 2.35. The number of aliphatic imine (C=N–C) groups is 1. The van der Waals surface area contributed by atoms with Gasteiger partial charge in [-0.3, -0.25) is 4.99 Å². The molecule has 1 N–H and O–H groups in total. The topological polar surface area (TPSA) is 75.1 Å². The first-order chi connectivity index (χ1) is 14.7. The molecule has 0 amide bonds. The number of rotatable bonds is 5. The summed E-state index contributed by atoms with van der Waals surface area (Å²) in [5.41, 5.74) is 2.31. The Morgan fingerprint density at radius 3 is 2.70 bits per heavy atom. The molecule has 3 heterocycles. The summed E-state index contributed by atoms with van der Waals surface area (Å²) in [7, 11) is 1.83. The highest BCUT2D eigenvalue weighted by molar-refractivity contribution is 5.80. The summed E-state index contributed by atoms with van der Waals surface area (Å²) in [5, 5.41) is 3.50. The normalized spacial score (nSPS) is 18.8. The standard InChI is InChI=1S/C22H30N6O2/c1-4-29-19-13-17-12-16(2)30-20(17)14-18(19)15-26-21(23-3)27-8-10-28(11-9-27)22-24-6-5-7-25-22/h5-7,13-14,16H,4,8-12,15H2,1-3H3,(H,23,26). The van der Waals surface area contributed by atoms with Gasteiger partial charge in [-0.2, -0.15) is 0 Å². The first kappa shape index (κ1) is 20.3. The predicted molar refractivity (Wildman–Crippen MR) is 117 cm³/mol. The van der Waals surface area contributed by atoms with Crippen LogP contribution >= 0.6 is 0 Å². The molecular weight excluding hydrogens is 380 g/mol. The predicted octanol–water partition coefficient (Wildman–Crippen LogP) is 2.10. The van der Waals surface area contributed by atoms with Crippen LogP contribution in [0.15, 0.2) is 35.6 Å². The van der Waals surface area contributed by atoms with Crippen molar-refractivity contribution in [2.45, 2.75) is 32.9 Å². The Kier molecular flexibility index (Phi) is 6.21. The molecular formula is C22H30N6O2. The van der Waals surface area contributed by atoms with Crippen molar-refractivity contribution in [3.05, 3.63) is 41.7 Å². The van der Waals surface area contributed by atoms with E-state index in [0.29, 0.717) is 13.2 Å². The van der Waals surface area contributed by atoms with E-state index in [0.717, 1.165) is 61.6 Å². The molecule has 1 unspecified atom stereocenters. The van der Waals surface area contributed by atoms with Gasteiger partial charge in [-0.05, 0) is 32.0 Å². The lowest BCUT2D eigenvalue weighted by Crippen LogP contribution is -2.52. The van der Waals surface area contributed by atoms with Gasteiger partial charge >= 0.3 is 0 Å². The summed E-state index contributed by atoms with van der Waals surface area (Å²) in [5.74, 6) is 3.56.